The van der Waals surface area contributed by atoms with Crippen LogP contribution in [0.4, 0.5) is 5.82 Å². The van der Waals surface area contributed by atoms with Crippen molar-refractivity contribution >= 4 is 15.8 Å². The minimum atomic E-state index is -3.60. The normalized spacial score (nSPS) is 11.7. The van der Waals surface area contributed by atoms with E-state index in [-0.39, 0.29) is 11.4 Å². The standard InChI is InChI=1S/C15H20N8O2S/c1-10-6-9-23(22-10)14-5-4-13(20-21-14)16-7-8-17-26(24,25)15-11(2)18-19-12(15)3/h4-6,9,17H,7-8H2,1-3H3,(H,16,20)(H,18,19). The lowest BCUT2D eigenvalue weighted by molar-refractivity contribution is 0.581. The molecule has 0 radical (unpaired) electrons. The lowest BCUT2D eigenvalue weighted by Gasteiger charge is -2.08. The Balaban J connectivity index is 1.54. The van der Waals surface area contributed by atoms with Crippen molar-refractivity contribution in [3.63, 3.8) is 0 Å². The topological polar surface area (TPSA) is 130 Å². The predicted octanol–water partition coefficient (Wildman–Crippen LogP) is 0.701. The van der Waals surface area contributed by atoms with Crippen LogP contribution < -0.4 is 10.0 Å². The molecule has 0 atom stereocenters. The molecule has 0 aliphatic rings. The summed E-state index contributed by atoms with van der Waals surface area (Å²) in [5, 5.41) is 22.0. The Labute approximate surface area is 151 Å². The van der Waals surface area contributed by atoms with Gasteiger partial charge in [0.05, 0.1) is 17.1 Å². The van der Waals surface area contributed by atoms with Gasteiger partial charge in [0.1, 0.15) is 10.7 Å². The van der Waals surface area contributed by atoms with Crippen LogP contribution in [0.15, 0.2) is 29.3 Å². The van der Waals surface area contributed by atoms with E-state index >= 15 is 0 Å². The Hall–Kier alpha value is -2.79. The van der Waals surface area contributed by atoms with Gasteiger partial charge in [-0.05, 0) is 39.0 Å². The number of aromatic amines is 1. The number of sulfonamides is 1. The number of hydrogen-bond donors (Lipinski definition) is 3. The zero-order valence-electron chi connectivity index (χ0n) is 14.7. The minimum Gasteiger partial charge on any atom is -0.367 e. The first-order valence-corrected chi connectivity index (χ1v) is 9.46. The highest BCUT2D eigenvalue weighted by Crippen LogP contribution is 2.15. The maximum absolute atomic E-state index is 12.3. The van der Waals surface area contributed by atoms with Crippen molar-refractivity contribution in [2.75, 3.05) is 18.4 Å². The second-order valence-corrected chi connectivity index (χ2v) is 7.47. The first kappa shape index (κ1) is 18.0. The van der Waals surface area contributed by atoms with Crippen molar-refractivity contribution < 1.29 is 8.42 Å². The summed E-state index contributed by atoms with van der Waals surface area (Å²) in [6.45, 7) is 5.78. The number of anilines is 1. The van der Waals surface area contributed by atoms with Crippen LogP contribution in [-0.2, 0) is 10.0 Å². The summed E-state index contributed by atoms with van der Waals surface area (Å²) < 4.78 is 28.8. The van der Waals surface area contributed by atoms with E-state index in [2.05, 4.69) is 35.5 Å². The number of rotatable bonds is 7. The molecule has 3 aromatic heterocycles. The molecule has 3 aromatic rings. The molecule has 0 amide bonds. The van der Waals surface area contributed by atoms with Gasteiger partial charge in [0, 0.05) is 19.3 Å². The van der Waals surface area contributed by atoms with Crippen molar-refractivity contribution in [2.24, 2.45) is 0 Å². The second kappa shape index (κ2) is 7.22. The largest absolute Gasteiger partial charge is 0.367 e. The number of H-pyrrole nitrogens is 1. The van der Waals surface area contributed by atoms with Gasteiger partial charge in [-0.2, -0.15) is 10.2 Å². The fourth-order valence-electron chi connectivity index (χ4n) is 2.47. The Morgan fingerprint density at radius 2 is 1.92 bits per heavy atom. The average Bonchev–Trinajstić information content (AvgIpc) is 3.18. The highest BCUT2D eigenvalue weighted by Gasteiger charge is 2.21. The molecule has 26 heavy (non-hydrogen) atoms. The third kappa shape index (κ3) is 3.89. The summed E-state index contributed by atoms with van der Waals surface area (Å²) in [5.41, 5.74) is 1.85. The summed E-state index contributed by atoms with van der Waals surface area (Å²) in [5.74, 6) is 1.16. The van der Waals surface area contributed by atoms with Crippen molar-refractivity contribution in [2.45, 2.75) is 25.7 Å². The van der Waals surface area contributed by atoms with Gasteiger partial charge in [0.25, 0.3) is 0 Å². The van der Waals surface area contributed by atoms with E-state index in [1.807, 2.05) is 13.0 Å². The molecule has 138 valence electrons. The molecule has 0 saturated carbocycles. The van der Waals surface area contributed by atoms with Gasteiger partial charge in [-0.1, -0.05) is 0 Å². The Bertz CT molecular complexity index is 972. The highest BCUT2D eigenvalue weighted by molar-refractivity contribution is 7.89. The molecule has 0 bridgehead atoms. The number of nitrogens with one attached hydrogen (secondary N) is 3. The van der Waals surface area contributed by atoms with Crippen LogP contribution in [0.5, 0.6) is 0 Å². The van der Waals surface area contributed by atoms with Crippen molar-refractivity contribution in [3.8, 4) is 5.82 Å². The Morgan fingerprint density at radius 3 is 2.50 bits per heavy atom. The Kier molecular flexibility index (Phi) is 5.00. The molecule has 0 saturated heterocycles. The lowest BCUT2D eigenvalue weighted by Crippen LogP contribution is -2.29. The third-order valence-corrected chi connectivity index (χ3v) is 5.38. The zero-order chi connectivity index (χ0) is 18.7. The summed E-state index contributed by atoms with van der Waals surface area (Å²) in [6.07, 6.45) is 1.81. The van der Waals surface area contributed by atoms with Crippen LogP contribution in [0.1, 0.15) is 17.1 Å². The molecule has 0 fully saturated rings. The monoisotopic (exact) mass is 376 g/mol. The summed E-state index contributed by atoms with van der Waals surface area (Å²) in [7, 11) is -3.60. The molecule has 10 nitrogen and oxygen atoms in total. The van der Waals surface area contributed by atoms with E-state index in [9.17, 15) is 8.42 Å². The van der Waals surface area contributed by atoms with E-state index in [0.717, 1.165) is 5.69 Å². The number of aryl methyl sites for hydroxylation is 3. The van der Waals surface area contributed by atoms with Gasteiger partial charge in [-0.25, -0.2) is 17.8 Å². The zero-order valence-corrected chi connectivity index (χ0v) is 15.5. The Morgan fingerprint density at radius 1 is 1.12 bits per heavy atom. The SMILES string of the molecule is Cc1ccn(-c2ccc(NCCNS(=O)(=O)c3c(C)n[nH]c3C)nn2)n1. The van der Waals surface area contributed by atoms with Crippen LogP contribution in [0.25, 0.3) is 5.82 Å². The molecule has 0 aliphatic heterocycles. The molecule has 11 heteroatoms. The first-order valence-electron chi connectivity index (χ1n) is 7.98. The van der Waals surface area contributed by atoms with Gasteiger partial charge in [0.2, 0.25) is 10.0 Å². The first-order chi connectivity index (χ1) is 12.4. The molecule has 0 spiro atoms. The summed E-state index contributed by atoms with van der Waals surface area (Å²) >= 11 is 0. The maximum Gasteiger partial charge on any atom is 0.244 e. The van der Waals surface area contributed by atoms with Gasteiger partial charge in [0.15, 0.2) is 5.82 Å². The summed E-state index contributed by atoms with van der Waals surface area (Å²) in [4.78, 5) is 0.191. The molecule has 3 rings (SSSR count). The van der Waals surface area contributed by atoms with E-state index in [1.165, 1.54) is 0 Å². The minimum absolute atomic E-state index is 0.191. The highest BCUT2D eigenvalue weighted by atomic mass is 32.2. The smallest absolute Gasteiger partial charge is 0.244 e. The second-order valence-electron chi connectivity index (χ2n) is 5.77. The van der Waals surface area contributed by atoms with Crippen molar-refractivity contribution in [1.82, 2.24) is 34.9 Å². The van der Waals surface area contributed by atoms with Crippen molar-refractivity contribution in [3.05, 3.63) is 41.5 Å². The number of nitrogens with zero attached hydrogens (tertiary/aromatic N) is 5. The number of hydrogen-bond acceptors (Lipinski definition) is 7. The molecule has 3 heterocycles. The third-order valence-electron chi connectivity index (χ3n) is 3.66. The predicted molar refractivity (Wildman–Crippen MR) is 95.6 cm³/mol. The van der Waals surface area contributed by atoms with Crippen LogP contribution >= 0.6 is 0 Å². The van der Waals surface area contributed by atoms with E-state index in [4.69, 9.17) is 0 Å². The molecule has 0 aromatic carbocycles. The molecular weight excluding hydrogens is 356 g/mol. The van der Waals surface area contributed by atoms with E-state index in [0.29, 0.717) is 29.6 Å². The van der Waals surface area contributed by atoms with Gasteiger partial charge in [-0.3, -0.25) is 5.10 Å². The van der Waals surface area contributed by atoms with Crippen LogP contribution in [0.2, 0.25) is 0 Å². The van der Waals surface area contributed by atoms with E-state index < -0.39 is 10.0 Å². The average molecular weight is 376 g/mol. The van der Waals surface area contributed by atoms with Crippen LogP contribution in [0, 0.1) is 20.8 Å². The van der Waals surface area contributed by atoms with Gasteiger partial charge in [-0.15, -0.1) is 10.2 Å². The van der Waals surface area contributed by atoms with Gasteiger partial charge < -0.3 is 5.32 Å². The van der Waals surface area contributed by atoms with Gasteiger partial charge >= 0.3 is 0 Å². The van der Waals surface area contributed by atoms with Crippen LogP contribution in [-0.4, -0.2) is 51.7 Å². The van der Waals surface area contributed by atoms with Crippen LogP contribution in [0.3, 0.4) is 0 Å². The fraction of sp³-hybridized carbons (Fsp3) is 0.333. The molecular formula is C15H20N8O2S. The summed E-state index contributed by atoms with van der Waals surface area (Å²) in [6, 6.07) is 5.42. The van der Waals surface area contributed by atoms with Crippen molar-refractivity contribution in [1.29, 1.82) is 0 Å². The number of aromatic nitrogens is 6. The molecule has 3 N–H and O–H groups in total. The molecule has 0 aliphatic carbocycles. The fourth-order valence-corrected chi connectivity index (χ4v) is 3.87. The molecule has 0 unspecified atom stereocenters. The maximum atomic E-state index is 12.3. The van der Waals surface area contributed by atoms with E-state index in [1.54, 1.807) is 36.9 Å². The quantitative estimate of drug-likeness (QED) is 0.517. The lowest BCUT2D eigenvalue weighted by atomic mass is 10.4.